The van der Waals surface area contributed by atoms with Crippen LogP contribution in [0.15, 0.2) is 6.20 Å². The van der Waals surface area contributed by atoms with Gasteiger partial charge in [-0.1, -0.05) is 6.42 Å². The first-order valence-corrected chi connectivity index (χ1v) is 7.65. The van der Waals surface area contributed by atoms with E-state index in [1.807, 2.05) is 0 Å². The second-order valence-electron chi connectivity index (χ2n) is 6.14. The van der Waals surface area contributed by atoms with Gasteiger partial charge in [0.1, 0.15) is 5.82 Å². The molecule has 0 aliphatic carbocycles. The lowest BCUT2D eigenvalue weighted by atomic mass is 9.99. The second-order valence-corrected chi connectivity index (χ2v) is 6.14. The first kappa shape index (κ1) is 13.1. The first-order valence-electron chi connectivity index (χ1n) is 7.65. The van der Waals surface area contributed by atoms with E-state index in [4.69, 9.17) is 4.98 Å². The van der Waals surface area contributed by atoms with Gasteiger partial charge in [-0.2, -0.15) is 0 Å². The molecule has 2 unspecified atom stereocenters. The van der Waals surface area contributed by atoms with Crippen LogP contribution in [0.5, 0.6) is 0 Å². The zero-order chi connectivity index (χ0) is 13.2. The van der Waals surface area contributed by atoms with Crippen LogP contribution in [0.4, 0.5) is 0 Å². The molecule has 1 N–H and O–H groups in total. The summed E-state index contributed by atoms with van der Waals surface area (Å²) in [5, 5.41) is 9.45. The van der Waals surface area contributed by atoms with E-state index < -0.39 is 0 Å². The Morgan fingerprint density at radius 2 is 2.16 bits per heavy atom. The van der Waals surface area contributed by atoms with Crippen molar-refractivity contribution in [2.45, 2.75) is 57.0 Å². The van der Waals surface area contributed by atoms with Gasteiger partial charge in [-0.15, -0.1) is 0 Å². The minimum atomic E-state index is 0.236. The molecule has 4 heteroatoms. The molecule has 0 bridgehead atoms. The number of likely N-dealkylation sites (tertiary alicyclic amines) is 1. The fraction of sp³-hybridized carbons (Fsp3) is 0.800. The maximum atomic E-state index is 9.45. The van der Waals surface area contributed by atoms with E-state index in [1.54, 1.807) is 0 Å². The summed E-state index contributed by atoms with van der Waals surface area (Å²) >= 11 is 0. The third kappa shape index (κ3) is 2.70. The third-order valence-electron chi connectivity index (χ3n) is 4.76. The number of aromatic nitrogens is 2. The molecule has 0 saturated carbocycles. The molecule has 1 aromatic heterocycles. The highest BCUT2D eigenvalue weighted by molar-refractivity contribution is 5.12. The molecule has 4 nitrogen and oxygen atoms in total. The van der Waals surface area contributed by atoms with Gasteiger partial charge < -0.3 is 14.6 Å². The van der Waals surface area contributed by atoms with Gasteiger partial charge >= 0.3 is 0 Å². The number of fused-ring (bicyclic) bond motifs is 1. The lowest BCUT2D eigenvalue weighted by Crippen LogP contribution is -2.37. The van der Waals surface area contributed by atoms with Gasteiger partial charge in [-0.25, -0.2) is 4.98 Å². The summed E-state index contributed by atoms with van der Waals surface area (Å²) < 4.78 is 2.27. The van der Waals surface area contributed by atoms with Crippen molar-refractivity contribution in [2.75, 3.05) is 20.2 Å². The number of rotatable bonds is 3. The maximum absolute atomic E-state index is 9.45. The predicted octanol–water partition coefficient (Wildman–Crippen LogP) is 1.78. The Hall–Kier alpha value is -0.870. The van der Waals surface area contributed by atoms with E-state index in [0.717, 1.165) is 31.6 Å². The van der Waals surface area contributed by atoms with E-state index in [1.165, 1.54) is 31.5 Å². The van der Waals surface area contributed by atoms with Crippen molar-refractivity contribution in [3.63, 3.8) is 0 Å². The molecular formula is C15H25N3O. The van der Waals surface area contributed by atoms with Crippen molar-refractivity contribution in [1.29, 1.82) is 0 Å². The monoisotopic (exact) mass is 263 g/mol. The van der Waals surface area contributed by atoms with E-state index in [-0.39, 0.29) is 12.5 Å². The maximum Gasteiger partial charge on any atom is 0.114 e. The summed E-state index contributed by atoms with van der Waals surface area (Å²) in [5.41, 5.74) is 1.22. The number of aliphatic hydroxyl groups excluding tert-OH is 1. The zero-order valence-electron chi connectivity index (χ0n) is 11.9. The standard InChI is InChI=1S/C15H25N3O/c1-17-7-3-2-6-14(17)9-13-10-18-8-4-5-12(11-19)15(18)16-13/h10,12,14,19H,2-9,11H2,1H3. The zero-order valence-corrected chi connectivity index (χ0v) is 11.9. The molecule has 0 amide bonds. The lowest BCUT2D eigenvalue weighted by molar-refractivity contribution is 0.183. The number of piperidine rings is 1. The highest BCUT2D eigenvalue weighted by atomic mass is 16.3. The first-order chi connectivity index (χ1) is 9.28. The fourth-order valence-electron chi connectivity index (χ4n) is 3.54. The molecular weight excluding hydrogens is 238 g/mol. The average molecular weight is 263 g/mol. The fourth-order valence-corrected chi connectivity index (χ4v) is 3.54. The van der Waals surface area contributed by atoms with Gasteiger partial charge in [0, 0.05) is 31.1 Å². The summed E-state index contributed by atoms with van der Waals surface area (Å²) in [6.45, 7) is 2.52. The van der Waals surface area contributed by atoms with Crippen molar-refractivity contribution in [2.24, 2.45) is 0 Å². The molecule has 0 aromatic carbocycles. The molecule has 3 rings (SSSR count). The highest BCUT2D eigenvalue weighted by Crippen LogP contribution is 2.27. The SMILES string of the molecule is CN1CCCCC1Cc1cn2c(n1)C(CO)CCC2. The Labute approximate surface area is 115 Å². The van der Waals surface area contributed by atoms with Crippen LogP contribution in [0.2, 0.25) is 0 Å². The molecule has 0 radical (unpaired) electrons. The van der Waals surface area contributed by atoms with Crippen LogP contribution in [-0.2, 0) is 13.0 Å². The van der Waals surface area contributed by atoms with Gasteiger partial charge in [-0.3, -0.25) is 0 Å². The summed E-state index contributed by atoms with van der Waals surface area (Å²) in [4.78, 5) is 7.29. The van der Waals surface area contributed by atoms with E-state index in [0.29, 0.717) is 6.04 Å². The van der Waals surface area contributed by atoms with Gasteiger partial charge in [-0.05, 0) is 39.3 Å². The third-order valence-corrected chi connectivity index (χ3v) is 4.76. The van der Waals surface area contributed by atoms with Gasteiger partial charge in [0.15, 0.2) is 0 Å². The molecule has 19 heavy (non-hydrogen) atoms. The Kier molecular flexibility index (Phi) is 3.89. The second kappa shape index (κ2) is 5.63. The van der Waals surface area contributed by atoms with Crippen molar-refractivity contribution >= 4 is 0 Å². The quantitative estimate of drug-likeness (QED) is 0.904. The van der Waals surface area contributed by atoms with Gasteiger partial charge in [0.25, 0.3) is 0 Å². The molecule has 1 fully saturated rings. The summed E-state index contributed by atoms with van der Waals surface area (Å²) in [5.74, 6) is 1.37. The molecule has 0 spiro atoms. The van der Waals surface area contributed by atoms with E-state index >= 15 is 0 Å². The largest absolute Gasteiger partial charge is 0.396 e. The van der Waals surface area contributed by atoms with Crippen LogP contribution >= 0.6 is 0 Å². The van der Waals surface area contributed by atoms with Crippen molar-refractivity contribution in [3.8, 4) is 0 Å². The molecule has 3 heterocycles. The minimum Gasteiger partial charge on any atom is -0.396 e. The Morgan fingerprint density at radius 1 is 1.26 bits per heavy atom. The van der Waals surface area contributed by atoms with E-state index in [2.05, 4.69) is 22.7 Å². The number of nitrogens with zero attached hydrogens (tertiary/aromatic N) is 3. The highest BCUT2D eigenvalue weighted by Gasteiger charge is 2.25. The predicted molar refractivity (Wildman–Crippen MR) is 75.3 cm³/mol. The lowest BCUT2D eigenvalue weighted by Gasteiger charge is -2.31. The number of hydrogen-bond donors (Lipinski definition) is 1. The normalized spacial score (nSPS) is 28.3. The minimum absolute atomic E-state index is 0.236. The summed E-state index contributed by atoms with van der Waals surface area (Å²) in [6, 6.07) is 0.651. The number of imidazole rings is 1. The summed E-state index contributed by atoms with van der Waals surface area (Å²) in [7, 11) is 2.23. The van der Waals surface area contributed by atoms with Gasteiger partial charge in [0.2, 0.25) is 0 Å². The molecule has 2 aliphatic heterocycles. The molecule has 2 atom stereocenters. The van der Waals surface area contributed by atoms with Crippen LogP contribution in [0.25, 0.3) is 0 Å². The Bertz CT molecular complexity index is 429. The average Bonchev–Trinajstić information content (AvgIpc) is 2.83. The smallest absolute Gasteiger partial charge is 0.114 e. The Morgan fingerprint density at radius 3 is 2.95 bits per heavy atom. The molecule has 2 aliphatic rings. The molecule has 1 saturated heterocycles. The van der Waals surface area contributed by atoms with Crippen LogP contribution in [-0.4, -0.2) is 45.8 Å². The van der Waals surface area contributed by atoms with Crippen LogP contribution in [0.3, 0.4) is 0 Å². The summed E-state index contributed by atoms with van der Waals surface area (Å²) in [6.07, 6.45) is 9.51. The van der Waals surface area contributed by atoms with Crippen molar-refractivity contribution in [3.05, 3.63) is 17.7 Å². The van der Waals surface area contributed by atoms with Gasteiger partial charge in [0.05, 0.1) is 12.3 Å². The number of hydrogen-bond acceptors (Lipinski definition) is 3. The van der Waals surface area contributed by atoms with Crippen LogP contribution in [0.1, 0.15) is 49.5 Å². The van der Waals surface area contributed by atoms with E-state index in [9.17, 15) is 5.11 Å². The Balaban J connectivity index is 1.73. The number of likely N-dealkylation sites (N-methyl/N-ethyl adjacent to an activating group) is 1. The van der Waals surface area contributed by atoms with Crippen molar-refractivity contribution in [1.82, 2.24) is 14.5 Å². The number of aliphatic hydroxyl groups is 1. The van der Waals surface area contributed by atoms with Crippen molar-refractivity contribution < 1.29 is 5.11 Å². The molecule has 1 aromatic rings. The number of aryl methyl sites for hydroxylation is 1. The topological polar surface area (TPSA) is 41.3 Å². The van der Waals surface area contributed by atoms with Crippen LogP contribution in [0, 0.1) is 0 Å². The van der Waals surface area contributed by atoms with Crippen LogP contribution < -0.4 is 0 Å². The molecule has 106 valence electrons.